The van der Waals surface area contributed by atoms with Crippen LogP contribution in [0.15, 0.2) is 0 Å². The van der Waals surface area contributed by atoms with E-state index in [1.807, 2.05) is 6.92 Å². The second kappa shape index (κ2) is 2.71. The second-order valence-corrected chi connectivity index (χ2v) is 4.69. The van der Waals surface area contributed by atoms with Gasteiger partial charge in [0.1, 0.15) is 0 Å². The van der Waals surface area contributed by atoms with Crippen molar-refractivity contribution in [1.29, 1.82) is 0 Å². The standard InChI is InChI=1S/C10H16O3/c1-10(9(12)13-2)4-6-3-8(11)7(6)5-10/h6-8,11H,3-5H2,1-2H3/t6-,7+,8+,10-/m0/s1. The highest BCUT2D eigenvalue weighted by molar-refractivity contribution is 5.76. The summed E-state index contributed by atoms with van der Waals surface area (Å²) in [5.41, 5.74) is -0.332. The second-order valence-electron chi connectivity index (χ2n) is 4.69. The van der Waals surface area contributed by atoms with E-state index in [0.717, 1.165) is 19.3 Å². The molecule has 3 nitrogen and oxygen atoms in total. The van der Waals surface area contributed by atoms with Gasteiger partial charge in [-0.15, -0.1) is 0 Å². The Bertz CT molecular complexity index is 238. The third kappa shape index (κ3) is 1.17. The van der Waals surface area contributed by atoms with Gasteiger partial charge in [-0.2, -0.15) is 0 Å². The minimum absolute atomic E-state index is 0.117. The summed E-state index contributed by atoms with van der Waals surface area (Å²) in [6, 6.07) is 0. The lowest BCUT2D eigenvalue weighted by atomic mass is 9.74. The van der Waals surface area contributed by atoms with Gasteiger partial charge < -0.3 is 9.84 Å². The van der Waals surface area contributed by atoms with E-state index in [0.29, 0.717) is 11.8 Å². The van der Waals surface area contributed by atoms with Crippen molar-refractivity contribution in [3.63, 3.8) is 0 Å². The summed E-state index contributed by atoms with van der Waals surface area (Å²) in [4.78, 5) is 11.5. The molecule has 0 radical (unpaired) electrons. The molecule has 2 aliphatic carbocycles. The zero-order valence-electron chi connectivity index (χ0n) is 8.12. The molecule has 0 aromatic heterocycles. The minimum atomic E-state index is -0.332. The number of aliphatic hydroxyl groups excluding tert-OH is 1. The molecule has 74 valence electrons. The molecule has 0 unspecified atom stereocenters. The minimum Gasteiger partial charge on any atom is -0.469 e. The summed E-state index contributed by atoms with van der Waals surface area (Å²) in [5, 5.41) is 9.45. The van der Waals surface area contributed by atoms with Gasteiger partial charge in [0.25, 0.3) is 0 Å². The smallest absolute Gasteiger partial charge is 0.311 e. The maximum atomic E-state index is 11.5. The van der Waals surface area contributed by atoms with E-state index in [9.17, 15) is 9.90 Å². The topological polar surface area (TPSA) is 46.5 Å². The van der Waals surface area contributed by atoms with E-state index in [1.54, 1.807) is 0 Å². The van der Waals surface area contributed by atoms with Crippen molar-refractivity contribution in [3.8, 4) is 0 Å². The fourth-order valence-electron chi connectivity index (χ4n) is 2.91. The van der Waals surface area contributed by atoms with Gasteiger partial charge in [-0.1, -0.05) is 0 Å². The first-order valence-corrected chi connectivity index (χ1v) is 4.83. The first kappa shape index (κ1) is 9.00. The number of hydrogen-bond acceptors (Lipinski definition) is 3. The van der Waals surface area contributed by atoms with E-state index in [-0.39, 0.29) is 17.5 Å². The van der Waals surface area contributed by atoms with E-state index in [2.05, 4.69) is 0 Å². The molecule has 0 bridgehead atoms. The first-order chi connectivity index (χ1) is 6.07. The molecule has 13 heavy (non-hydrogen) atoms. The normalized spacial score (nSPS) is 48.1. The van der Waals surface area contributed by atoms with Crippen LogP contribution < -0.4 is 0 Å². The molecular formula is C10H16O3. The molecule has 4 atom stereocenters. The first-order valence-electron chi connectivity index (χ1n) is 4.83. The molecule has 0 aromatic rings. The van der Waals surface area contributed by atoms with Crippen LogP contribution in [0.1, 0.15) is 26.2 Å². The van der Waals surface area contributed by atoms with E-state index < -0.39 is 0 Å². The van der Waals surface area contributed by atoms with Crippen molar-refractivity contribution in [2.45, 2.75) is 32.3 Å². The van der Waals surface area contributed by atoms with E-state index >= 15 is 0 Å². The lowest BCUT2D eigenvalue weighted by Crippen LogP contribution is -2.37. The molecule has 3 heteroatoms. The maximum absolute atomic E-state index is 11.5. The lowest BCUT2D eigenvalue weighted by molar-refractivity contribution is -0.151. The summed E-state index contributed by atoms with van der Waals surface area (Å²) in [6.07, 6.45) is 2.39. The van der Waals surface area contributed by atoms with Gasteiger partial charge in [0, 0.05) is 0 Å². The highest BCUT2D eigenvalue weighted by atomic mass is 16.5. The summed E-state index contributed by atoms with van der Waals surface area (Å²) in [5.74, 6) is 0.789. The van der Waals surface area contributed by atoms with E-state index in [4.69, 9.17) is 4.74 Å². The fraction of sp³-hybridized carbons (Fsp3) is 0.900. The van der Waals surface area contributed by atoms with Crippen molar-refractivity contribution < 1.29 is 14.6 Å². The monoisotopic (exact) mass is 184 g/mol. The number of ether oxygens (including phenoxy) is 1. The molecule has 0 saturated heterocycles. The van der Waals surface area contributed by atoms with Crippen molar-refractivity contribution in [1.82, 2.24) is 0 Å². The zero-order chi connectivity index (χ0) is 9.64. The van der Waals surface area contributed by atoms with Crippen molar-refractivity contribution in [2.75, 3.05) is 7.11 Å². The maximum Gasteiger partial charge on any atom is 0.311 e. The molecule has 2 aliphatic rings. The summed E-state index contributed by atoms with van der Waals surface area (Å²) < 4.78 is 4.78. The number of aliphatic hydroxyl groups is 1. The average Bonchev–Trinajstić information content (AvgIpc) is 2.39. The van der Waals surface area contributed by atoms with Crippen molar-refractivity contribution in [2.24, 2.45) is 17.3 Å². The number of esters is 1. The number of carbonyl (C=O) groups is 1. The van der Waals surface area contributed by atoms with Crippen molar-refractivity contribution in [3.05, 3.63) is 0 Å². The van der Waals surface area contributed by atoms with Crippen LogP contribution in [0.2, 0.25) is 0 Å². The SMILES string of the molecule is COC(=O)[C@@]1(C)C[C@@H]2C[C@@H](O)[C@@H]2C1. The Hall–Kier alpha value is -0.570. The number of hydrogen-bond donors (Lipinski definition) is 1. The molecule has 0 aliphatic heterocycles. The van der Waals surface area contributed by atoms with Gasteiger partial charge in [0.2, 0.25) is 0 Å². The third-order valence-corrected chi connectivity index (χ3v) is 3.72. The molecule has 0 amide bonds. The molecule has 1 N–H and O–H groups in total. The van der Waals surface area contributed by atoms with Gasteiger partial charge in [0.15, 0.2) is 0 Å². The average molecular weight is 184 g/mol. The fourth-order valence-corrected chi connectivity index (χ4v) is 2.91. The molecule has 0 aromatic carbocycles. The number of carbonyl (C=O) groups excluding carboxylic acids is 1. The van der Waals surface area contributed by atoms with Gasteiger partial charge in [0.05, 0.1) is 18.6 Å². The van der Waals surface area contributed by atoms with Gasteiger partial charge >= 0.3 is 5.97 Å². The highest BCUT2D eigenvalue weighted by Crippen LogP contribution is 2.55. The zero-order valence-corrected chi connectivity index (χ0v) is 8.12. The number of methoxy groups -OCH3 is 1. The molecule has 0 spiro atoms. The molecule has 0 heterocycles. The summed E-state index contributed by atoms with van der Waals surface area (Å²) in [6.45, 7) is 1.95. The summed E-state index contributed by atoms with van der Waals surface area (Å²) in [7, 11) is 1.43. The number of fused-ring (bicyclic) bond motifs is 1. The molecule has 2 fully saturated rings. The van der Waals surface area contributed by atoms with Crippen LogP contribution in [0.5, 0.6) is 0 Å². The van der Waals surface area contributed by atoms with Crippen LogP contribution in [-0.4, -0.2) is 24.3 Å². The quantitative estimate of drug-likeness (QED) is 0.617. The van der Waals surface area contributed by atoms with Gasteiger partial charge in [-0.05, 0) is 38.0 Å². The Morgan fingerprint density at radius 2 is 2.23 bits per heavy atom. The Morgan fingerprint density at radius 3 is 2.69 bits per heavy atom. The molecule has 2 rings (SSSR count). The Balaban J connectivity index is 2.07. The van der Waals surface area contributed by atoms with Crippen LogP contribution >= 0.6 is 0 Å². The van der Waals surface area contributed by atoms with Gasteiger partial charge in [-0.25, -0.2) is 0 Å². The highest BCUT2D eigenvalue weighted by Gasteiger charge is 2.55. The van der Waals surface area contributed by atoms with Crippen LogP contribution in [0.3, 0.4) is 0 Å². The lowest BCUT2D eigenvalue weighted by Gasteiger charge is -2.36. The Kier molecular flexibility index (Phi) is 1.88. The van der Waals surface area contributed by atoms with Crippen LogP contribution in [0.4, 0.5) is 0 Å². The van der Waals surface area contributed by atoms with Crippen LogP contribution in [0, 0.1) is 17.3 Å². The largest absolute Gasteiger partial charge is 0.469 e. The Labute approximate surface area is 78.1 Å². The summed E-state index contributed by atoms with van der Waals surface area (Å²) >= 11 is 0. The molecule has 2 saturated carbocycles. The van der Waals surface area contributed by atoms with Crippen LogP contribution in [0.25, 0.3) is 0 Å². The Morgan fingerprint density at radius 1 is 1.54 bits per heavy atom. The van der Waals surface area contributed by atoms with Crippen LogP contribution in [-0.2, 0) is 9.53 Å². The van der Waals surface area contributed by atoms with Gasteiger partial charge in [-0.3, -0.25) is 4.79 Å². The van der Waals surface area contributed by atoms with E-state index in [1.165, 1.54) is 7.11 Å². The third-order valence-electron chi connectivity index (χ3n) is 3.72. The predicted molar refractivity (Wildman–Crippen MR) is 47.0 cm³/mol. The predicted octanol–water partition coefficient (Wildman–Crippen LogP) is 0.956. The van der Waals surface area contributed by atoms with Crippen molar-refractivity contribution >= 4 is 5.97 Å². The molecular weight excluding hydrogens is 168 g/mol. The number of rotatable bonds is 1.